The molecule has 0 aromatic heterocycles. The van der Waals surface area contributed by atoms with Crippen molar-refractivity contribution in [2.45, 2.75) is 81.7 Å². The second-order valence-corrected chi connectivity index (χ2v) is 10.7. The summed E-state index contributed by atoms with van der Waals surface area (Å²) in [7, 11) is 0. The van der Waals surface area contributed by atoms with E-state index in [1.165, 1.54) is 12.0 Å². The third kappa shape index (κ3) is 2.91. The number of carbonyl (C=O) groups excluding carboxylic acids is 1. The lowest BCUT2D eigenvalue weighted by Crippen LogP contribution is -2.64. The number of aliphatic hydroxyl groups is 1. The molecule has 0 saturated heterocycles. The van der Waals surface area contributed by atoms with Crippen molar-refractivity contribution in [3.05, 3.63) is 35.9 Å². The Kier molecular flexibility index (Phi) is 4.37. The third-order valence-corrected chi connectivity index (χ3v) is 8.49. The third-order valence-electron chi connectivity index (χ3n) is 8.49. The lowest BCUT2D eigenvalue weighted by atomic mass is 9.38. The van der Waals surface area contributed by atoms with Gasteiger partial charge in [0.2, 0.25) is 5.91 Å². The first-order valence-corrected chi connectivity index (χ1v) is 11.2. The highest BCUT2D eigenvalue weighted by atomic mass is 16.3. The molecule has 1 aromatic carbocycles. The van der Waals surface area contributed by atoms with E-state index in [0.29, 0.717) is 12.0 Å². The van der Waals surface area contributed by atoms with Gasteiger partial charge >= 0.3 is 0 Å². The highest BCUT2D eigenvalue weighted by Crippen LogP contribution is 2.70. The molecule has 4 unspecified atom stereocenters. The molecule has 4 heteroatoms. The number of amides is 1. The van der Waals surface area contributed by atoms with Crippen LogP contribution in [0.1, 0.15) is 69.8 Å². The highest BCUT2D eigenvalue weighted by molar-refractivity contribution is 5.84. The molecule has 152 valence electrons. The fourth-order valence-corrected chi connectivity index (χ4v) is 7.78. The van der Waals surface area contributed by atoms with Crippen LogP contribution >= 0.6 is 0 Å². The normalized spacial score (nSPS) is 44.4. The molecule has 1 aromatic rings. The second-order valence-electron chi connectivity index (χ2n) is 10.7. The van der Waals surface area contributed by atoms with Gasteiger partial charge in [-0.3, -0.25) is 4.79 Å². The standard InChI is InChI=1S/C24H34N2O2/c25-19-6-8-20(9-7-19)26-21(28)24-12-17-10-22(14-24,16-27)13-23(11-17,15-24)18-4-2-1-3-5-18/h1-5,17,19-20,27H,6-16,25H2,(H,26,28). The van der Waals surface area contributed by atoms with E-state index in [-0.39, 0.29) is 34.8 Å². The van der Waals surface area contributed by atoms with Gasteiger partial charge in [0.25, 0.3) is 0 Å². The molecule has 4 atom stereocenters. The average Bonchev–Trinajstić information content (AvgIpc) is 2.69. The number of nitrogens with two attached hydrogens (primary N) is 1. The van der Waals surface area contributed by atoms with Gasteiger partial charge in [0.1, 0.15) is 0 Å². The number of nitrogens with one attached hydrogen (secondary N) is 1. The first kappa shape index (κ1) is 18.6. The summed E-state index contributed by atoms with van der Waals surface area (Å²) in [6.07, 6.45) is 10.1. The van der Waals surface area contributed by atoms with Gasteiger partial charge in [0.15, 0.2) is 0 Å². The molecule has 4 nitrogen and oxygen atoms in total. The van der Waals surface area contributed by atoms with Gasteiger partial charge < -0.3 is 16.2 Å². The Morgan fingerprint density at radius 1 is 1.04 bits per heavy atom. The first-order chi connectivity index (χ1) is 13.5. The number of rotatable bonds is 4. The van der Waals surface area contributed by atoms with Crippen LogP contribution in [-0.4, -0.2) is 29.7 Å². The zero-order valence-corrected chi connectivity index (χ0v) is 16.8. The minimum absolute atomic E-state index is 0.0513. The van der Waals surface area contributed by atoms with E-state index in [1.807, 2.05) is 0 Å². The fraction of sp³-hybridized carbons (Fsp3) is 0.708. The maximum Gasteiger partial charge on any atom is 0.226 e. The summed E-state index contributed by atoms with van der Waals surface area (Å²) in [4.78, 5) is 13.7. The maximum atomic E-state index is 13.7. The van der Waals surface area contributed by atoms with Crippen LogP contribution in [0.4, 0.5) is 0 Å². The number of aliphatic hydroxyl groups excluding tert-OH is 1. The van der Waals surface area contributed by atoms with E-state index in [4.69, 9.17) is 5.73 Å². The molecule has 5 fully saturated rings. The average molecular weight is 383 g/mol. The minimum atomic E-state index is -0.308. The predicted octanol–water partition coefficient (Wildman–Crippen LogP) is 3.27. The lowest BCUT2D eigenvalue weighted by molar-refractivity contribution is -0.169. The molecule has 4 bridgehead atoms. The Labute approximate surface area is 168 Å². The number of hydrogen-bond acceptors (Lipinski definition) is 3. The number of hydrogen-bond donors (Lipinski definition) is 3. The predicted molar refractivity (Wildman–Crippen MR) is 110 cm³/mol. The van der Waals surface area contributed by atoms with E-state index in [9.17, 15) is 9.90 Å². The summed E-state index contributed by atoms with van der Waals surface area (Å²) in [6.45, 7) is 0.214. The second kappa shape index (κ2) is 6.56. The summed E-state index contributed by atoms with van der Waals surface area (Å²) < 4.78 is 0. The molecule has 0 aliphatic heterocycles. The van der Waals surface area contributed by atoms with Gasteiger partial charge in [-0.1, -0.05) is 30.3 Å². The molecule has 28 heavy (non-hydrogen) atoms. The van der Waals surface area contributed by atoms with Crippen LogP contribution in [0.25, 0.3) is 0 Å². The van der Waals surface area contributed by atoms with Gasteiger partial charge in [-0.15, -0.1) is 0 Å². The molecule has 0 heterocycles. The summed E-state index contributed by atoms with van der Waals surface area (Å²) in [6, 6.07) is 11.4. The first-order valence-electron chi connectivity index (χ1n) is 11.2. The zero-order chi connectivity index (χ0) is 19.4. The van der Waals surface area contributed by atoms with Crippen molar-refractivity contribution in [2.24, 2.45) is 22.5 Å². The van der Waals surface area contributed by atoms with Crippen LogP contribution in [0.15, 0.2) is 30.3 Å². The van der Waals surface area contributed by atoms with Crippen LogP contribution in [0.2, 0.25) is 0 Å². The van der Waals surface area contributed by atoms with E-state index in [0.717, 1.165) is 57.8 Å². The van der Waals surface area contributed by atoms with Crippen LogP contribution in [-0.2, 0) is 10.2 Å². The van der Waals surface area contributed by atoms with E-state index in [2.05, 4.69) is 35.6 Å². The van der Waals surface area contributed by atoms with Crippen LogP contribution in [0, 0.1) is 16.7 Å². The topological polar surface area (TPSA) is 75.3 Å². The maximum absolute atomic E-state index is 13.7. The Morgan fingerprint density at radius 2 is 1.79 bits per heavy atom. The molecule has 1 amide bonds. The van der Waals surface area contributed by atoms with E-state index >= 15 is 0 Å². The molecular formula is C24H34N2O2. The molecule has 5 saturated carbocycles. The molecular weight excluding hydrogens is 348 g/mol. The summed E-state index contributed by atoms with van der Waals surface area (Å²) in [5, 5.41) is 13.8. The molecule has 4 N–H and O–H groups in total. The van der Waals surface area contributed by atoms with Crippen molar-refractivity contribution < 1.29 is 9.90 Å². The number of carbonyl (C=O) groups is 1. The monoisotopic (exact) mass is 382 g/mol. The SMILES string of the molecule is NC1CCC(NC(=O)C23CC4CC(CO)(C2)CC(c2ccccc2)(C4)C3)CC1. The molecule has 5 aliphatic rings. The fourth-order valence-electron chi connectivity index (χ4n) is 7.78. The van der Waals surface area contributed by atoms with E-state index in [1.54, 1.807) is 0 Å². The zero-order valence-electron chi connectivity index (χ0n) is 16.8. The molecule has 0 radical (unpaired) electrons. The van der Waals surface area contributed by atoms with Gasteiger partial charge in [0, 0.05) is 18.7 Å². The Bertz CT molecular complexity index is 744. The van der Waals surface area contributed by atoms with Crippen molar-refractivity contribution in [2.75, 3.05) is 6.61 Å². The molecule has 6 rings (SSSR count). The van der Waals surface area contributed by atoms with Crippen molar-refractivity contribution in [3.8, 4) is 0 Å². The van der Waals surface area contributed by atoms with Crippen LogP contribution in [0.5, 0.6) is 0 Å². The minimum Gasteiger partial charge on any atom is -0.396 e. The Balaban J connectivity index is 1.45. The van der Waals surface area contributed by atoms with Crippen LogP contribution in [0.3, 0.4) is 0 Å². The largest absolute Gasteiger partial charge is 0.396 e. The van der Waals surface area contributed by atoms with Gasteiger partial charge in [-0.25, -0.2) is 0 Å². The van der Waals surface area contributed by atoms with Gasteiger partial charge in [0.05, 0.1) is 5.41 Å². The lowest BCUT2D eigenvalue weighted by Gasteiger charge is -2.66. The van der Waals surface area contributed by atoms with Crippen molar-refractivity contribution in [1.29, 1.82) is 0 Å². The summed E-state index contributed by atoms with van der Waals surface area (Å²) in [5.41, 5.74) is 7.09. The van der Waals surface area contributed by atoms with Gasteiger partial charge in [-0.05, 0) is 86.5 Å². The van der Waals surface area contributed by atoms with Crippen molar-refractivity contribution in [3.63, 3.8) is 0 Å². The molecule has 0 spiro atoms. The van der Waals surface area contributed by atoms with Crippen LogP contribution < -0.4 is 11.1 Å². The quantitative estimate of drug-likeness (QED) is 0.748. The van der Waals surface area contributed by atoms with Gasteiger partial charge in [-0.2, -0.15) is 0 Å². The summed E-state index contributed by atoms with van der Waals surface area (Å²) in [5.74, 6) is 0.810. The molecule has 5 aliphatic carbocycles. The summed E-state index contributed by atoms with van der Waals surface area (Å²) >= 11 is 0. The van der Waals surface area contributed by atoms with Crippen molar-refractivity contribution >= 4 is 5.91 Å². The Hall–Kier alpha value is -1.39. The smallest absolute Gasteiger partial charge is 0.226 e. The Morgan fingerprint density at radius 3 is 2.50 bits per heavy atom. The van der Waals surface area contributed by atoms with Crippen molar-refractivity contribution in [1.82, 2.24) is 5.32 Å². The highest BCUT2D eigenvalue weighted by Gasteiger charge is 2.65. The number of benzene rings is 1. The van der Waals surface area contributed by atoms with E-state index < -0.39 is 0 Å².